The average Bonchev–Trinajstić information content (AvgIpc) is 2.88. The molecule has 1 aliphatic heterocycles. The molecule has 0 aromatic carbocycles. The second kappa shape index (κ2) is 5.12. The van der Waals surface area contributed by atoms with Gasteiger partial charge in [0.15, 0.2) is 0 Å². The molecule has 1 fully saturated rings. The van der Waals surface area contributed by atoms with Gasteiger partial charge in [-0.15, -0.1) is 0 Å². The van der Waals surface area contributed by atoms with Gasteiger partial charge in [0.05, 0.1) is 12.5 Å². The number of amides is 1. The van der Waals surface area contributed by atoms with Crippen LogP contribution in [0.4, 0.5) is 0 Å². The molecule has 1 saturated heterocycles. The summed E-state index contributed by atoms with van der Waals surface area (Å²) in [5.41, 5.74) is 0.611. The minimum atomic E-state index is -0.0435. The molecule has 1 aromatic heterocycles. The van der Waals surface area contributed by atoms with Crippen LogP contribution in [0.2, 0.25) is 0 Å². The van der Waals surface area contributed by atoms with E-state index in [1.54, 1.807) is 17.1 Å². The van der Waals surface area contributed by atoms with Crippen LogP contribution in [-0.4, -0.2) is 34.6 Å². The Morgan fingerprint density at radius 3 is 3.25 bits per heavy atom. The Morgan fingerprint density at radius 2 is 2.62 bits per heavy atom. The lowest BCUT2D eigenvalue weighted by atomic mass is 10.1. The van der Waals surface area contributed by atoms with Crippen LogP contribution in [0.1, 0.15) is 29.8 Å². The normalized spacial score (nSPS) is 19.9. The lowest BCUT2D eigenvalue weighted by molar-refractivity contribution is 0.0944. The number of carbonyl (C=O) groups is 1. The third-order valence-corrected chi connectivity index (χ3v) is 2.99. The molecule has 2 heterocycles. The van der Waals surface area contributed by atoms with Gasteiger partial charge in [-0.2, -0.15) is 0 Å². The van der Waals surface area contributed by atoms with Crippen molar-refractivity contribution in [1.29, 1.82) is 0 Å². The number of nitrogens with zero attached hydrogens (tertiary/aromatic N) is 2. The molecule has 88 valence electrons. The minimum absolute atomic E-state index is 0.0435. The van der Waals surface area contributed by atoms with E-state index in [0.29, 0.717) is 11.7 Å². The highest BCUT2D eigenvalue weighted by Gasteiger charge is 2.14. The van der Waals surface area contributed by atoms with Crippen LogP contribution >= 0.6 is 0 Å². The van der Waals surface area contributed by atoms with E-state index < -0.39 is 0 Å². The van der Waals surface area contributed by atoms with Gasteiger partial charge in [-0.05, 0) is 25.8 Å². The molecule has 2 rings (SSSR count). The Bertz CT molecular complexity index is 355. The van der Waals surface area contributed by atoms with Crippen molar-refractivity contribution >= 4 is 5.91 Å². The van der Waals surface area contributed by atoms with Crippen molar-refractivity contribution in [2.75, 3.05) is 13.1 Å². The van der Waals surface area contributed by atoms with Crippen LogP contribution in [0, 0.1) is 0 Å². The van der Waals surface area contributed by atoms with Crippen LogP contribution in [0.15, 0.2) is 12.5 Å². The molecule has 1 aliphatic rings. The molecule has 1 atom stereocenters. The Hall–Kier alpha value is -1.36. The van der Waals surface area contributed by atoms with Gasteiger partial charge in [0.1, 0.15) is 5.69 Å². The average molecular weight is 222 g/mol. The van der Waals surface area contributed by atoms with E-state index in [9.17, 15) is 4.79 Å². The lowest BCUT2D eigenvalue weighted by Crippen LogP contribution is -2.31. The predicted molar refractivity (Wildman–Crippen MR) is 61.2 cm³/mol. The van der Waals surface area contributed by atoms with Crippen molar-refractivity contribution in [2.24, 2.45) is 7.05 Å². The van der Waals surface area contributed by atoms with Crippen LogP contribution in [0.25, 0.3) is 0 Å². The second-order valence-corrected chi connectivity index (χ2v) is 4.23. The van der Waals surface area contributed by atoms with Gasteiger partial charge >= 0.3 is 0 Å². The zero-order valence-electron chi connectivity index (χ0n) is 9.57. The SMILES string of the molecule is Cn1cncc1C(=O)NCC[C@H]1CCCN1. The van der Waals surface area contributed by atoms with Crippen molar-refractivity contribution in [2.45, 2.75) is 25.3 Å². The van der Waals surface area contributed by atoms with Crippen molar-refractivity contribution in [3.05, 3.63) is 18.2 Å². The molecule has 5 nitrogen and oxygen atoms in total. The lowest BCUT2D eigenvalue weighted by Gasteiger charge is -2.10. The monoisotopic (exact) mass is 222 g/mol. The van der Waals surface area contributed by atoms with Crippen LogP contribution < -0.4 is 10.6 Å². The fourth-order valence-electron chi connectivity index (χ4n) is 2.03. The molecular weight excluding hydrogens is 204 g/mol. The molecule has 16 heavy (non-hydrogen) atoms. The third kappa shape index (κ3) is 2.61. The number of aryl methyl sites for hydroxylation is 1. The minimum Gasteiger partial charge on any atom is -0.351 e. The Morgan fingerprint density at radius 1 is 1.75 bits per heavy atom. The quantitative estimate of drug-likeness (QED) is 0.770. The van der Waals surface area contributed by atoms with Crippen LogP contribution in [0.3, 0.4) is 0 Å². The van der Waals surface area contributed by atoms with Gasteiger partial charge in [0.2, 0.25) is 0 Å². The Balaban J connectivity index is 1.73. The number of imidazole rings is 1. The van der Waals surface area contributed by atoms with E-state index in [4.69, 9.17) is 0 Å². The predicted octanol–water partition coefficient (Wildman–Crippen LogP) is 0.292. The van der Waals surface area contributed by atoms with E-state index in [1.807, 2.05) is 7.05 Å². The summed E-state index contributed by atoms with van der Waals surface area (Å²) in [4.78, 5) is 15.6. The first-order valence-electron chi connectivity index (χ1n) is 5.75. The van der Waals surface area contributed by atoms with Gasteiger partial charge in [-0.1, -0.05) is 0 Å². The summed E-state index contributed by atoms with van der Waals surface area (Å²) in [6.45, 7) is 1.84. The molecule has 1 aromatic rings. The highest BCUT2D eigenvalue weighted by atomic mass is 16.1. The number of hydrogen-bond acceptors (Lipinski definition) is 3. The second-order valence-electron chi connectivity index (χ2n) is 4.23. The van der Waals surface area contributed by atoms with E-state index in [-0.39, 0.29) is 5.91 Å². The fraction of sp³-hybridized carbons (Fsp3) is 0.636. The van der Waals surface area contributed by atoms with E-state index in [0.717, 1.165) is 19.5 Å². The van der Waals surface area contributed by atoms with Crippen molar-refractivity contribution in [1.82, 2.24) is 20.2 Å². The van der Waals surface area contributed by atoms with Gasteiger partial charge in [0.25, 0.3) is 5.91 Å². The van der Waals surface area contributed by atoms with Gasteiger partial charge < -0.3 is 15.2 Å². The molecule has 0 aliphatic carbocycles. The smallest absolute Gasteiger partial charge is 0.269 e. The molecule has 0 saturated carbocycles. The number of aromatic nitrogens is 2. The largest absolute Gasteiger partial charge is 0.351 e. The molecule has 1 amide bonds. The first-order chi connectivity index (χ1) is 7.77. The van der Waals surface area contributed by atoms with E-state index >= 15 is 0 Å². The standard InChI is InChI=1S/C11H18N4O/c1-15-8-12-7-10(15)11(16)14-6-4-9-3-2-5-13-9/h7-9,13H,2-6H2,1H3,(H,14,16)/t9-/m1/s1. The van der Waals surface area contributed by atoms with Crippen LogP contribution in [0.5, 0.6) is 0 Å². The van der Waals surface area contributed by atoms with Gasteiger partial charge in [0, 0.05) is 19.6 Å². The molecule has 0 spiro atoms. The summed E-state index contributed by atoms with van der Waals surface area (Å²) in [5, 5.41) is 6.32. The maximum absolute atomic E-state index is 11.7. The number of hydrogen-bond donors (Lipinski definition) is 2. The highest BCUT2D eigenvalue weighted by molar-refractivity contribution is 5.92. The first kappa shape index (κ1) is 11.1. The zero-order valence-corrected chi connectivity index (χ0v) is 9.57. The molecular formula is C11H18N4O. The number of rotatable bonds is 4. The molecule has 5 heteroatoms. The summed E-state index contributed by atoms with van der Waals surface area (Å²) in [5.74, 6) is -0.0435. The molecule has 0 unspecified atom stereocenters. The Labute approximate surface area is 95.2 Å². The zero-order chi connectivity index (χ0) is 11.4. The number of carbonyl (C=O) groups excluding carboxylic acids is 1. The van der Waals surface area contributed by atoms with E-state index in [2.05, 4.69) is 15.6 Å². The maximum atomic E-state index is 11.7. The molecule has 0 bridgehead atoms. The molecule has 2 N–H and O–H groups in total. The maximum Gasteiger partial charge on any atom is 0.269 e. The summed E-state index contributed by atoms with van der Waals surface area (Å²) in [6, 6.07) is 0.576. The Kier molecular flexibility index (Phi) is 3.56. The summed E-state index contributed by atoms with van der Waals surface area (Å²) in [7, 11) is 1.82. The van der Waals surface area contributed by atoms with Crippen molar-refractivity contribution in [3.63, 3.8) is 0 Å². The van der Waals surface area contributed by atoms with Crippen LogP contribution in [-0.2, 0) is 7.05 Å². The topological polar surface area (TPSA) is 59.0 Å². The summed E-state index contributed by atoms with van der Waals surface area (Å²) < 4.78 is 1.73. The van der Waals surface area contributed by atoms with Gasteiger partial charge in [-0.25, -0.2) is 4.98 Å². The summed E-state index contributed by atoms with van der Waals surface area (Å²) in [6.07, 6.45) is 6.70. The summed E-state index contributed by atoms with van der Waals surface area (Å²) >= 11 is 0. The first-order valence-corrected chi connectivity index (χ1v) is 5.75. The van der Waals surface area contributed by atoms with Crippen molar-refractivity contribution in [3.8, 4) is 0 Å². The van der Waals surface area contributed by atoms with Crippen molar-refractivity contribution < 1.29 is 4.79 Å². The number of nitrogens with one attached hydrogen (secondary N) is 2. The molecule has 0 radical (unpaired) electrons. The van der Waals surface area contributed by atoms with E-state index in [1.165, 1.54) is 12.8 Å². The third-order valence-electron chi connectivity index (χ3n) is 2.99. The fourth-order valence-corrected chi connectivity index (χ4v) is 2.03. The van der Waals surface area contributed by atoms with Gasteiger partial charge in [-0.3, -0.25) is 4.79 Å². The highest BCUT2D eigenvalue weighted by Crippen LogP contribution is 2.07.